The van der Waals surface area contributed by atoms with Gasteiger partial charge in [-0.15, -0.1) is 0 Å². The second-order valence-corrected chi connectivity index (χ2v) is 13.3. The minimum absolute atomic E-state index is 0.0392. The number of ether oxygens (including phenoxy) is 1. The van der Waals surface area contributed by atoms with Gasteiger partial charge in [0.1, 0.15) is 0 Å². The molecule has 0 heterocycles. The van der Waals surface area contributed by atoms with Gasteiger partial charge in [-0.1, -0.05) is 118 Å². The van der Waals surface area contributed by atoms with Crippen LogP contribution in [0.4, 0.5) is 5.69 Å². The normalized spacial score (nSPS) is 11.8. The van der Waals surface area contributed by atoms with Crippen molar-refractivity contribution in [3.05, 3.63) is 17.7 Å². The molecule has 0 saturated carbocycles. The summed E-state index contributed by atoms with van der Waals surface area (Å²) >= 11 is 0. The lowest BCUT2D eigenvalue weighted by atomic mass is 9.86. The number of esters is 1. The SMILES string of the molecule is CCCCCCCCCCCCCCCCCC(=O)Oc1c(NC(C)=O)ccc(S(N)(=O)=O)c1C(=O)C(C)(C)C. The minimum Gasteiger partial charge on any atom is -0.423 e. The van der Waals surface area contributed by atoms with Gasteiger partial charge >= 0.3 is 5.97 Å². The summed E-state index contributed by atoms with van der Waals surface area (Å²) in [5.41, 5.74) is -1.28. The molecule has 9 heteroatoms. The first-order valence-electron chi connectivity index (χ1n) is 15.0. The molecule has 0 bridgehead atoms. The zero-order valence-electron chi connectivity index (χ0n) is 25.4. The van der Waals surface area contributed by atoms with Crippen molar-refractivity contribution < 1.29 is 27.5 Å². The lowest BCUT2D eigenvalue weighted by molar-refractivity contribution is -0.134. The van der Waals surface area contributed by atoms with Crippen molar-refractivity contribution in [2.24, 2.45) is 10.6 Å². The highest BCUT2D eigenvalue weighted by atomic mass is 32.2. The van der Waals surface area contributed by atoms with Gasteiger partial charge in [0, 0.05) is 18.8 Å². The standard InChI is InChI=1S/C31H52N2O6S/c1-6-7-8-9-10-11-12-13-14-15-16-17-18-19-20-21-27(35)39-29-25(33-24(2)34)22-23-26(40(32,37)38)28(29)30(36)31(3,4)5/h22-23H,6-21H2,1-5H3,(H,33,34)(H2,32,37,38). The van der Waals surface area contributed by atoms with Crippen molar-refractivity contribution in [1.82, 2.24) is 0 Å². The van der Waals surface area contributed by atoms with Crippen LogP contribution < -0.4 is 15.2 Å². The number of sulfonamides is 1. The van der Waals surface area contributed by atoms with Crippen LogP contribution >= 0.6 is 0 Å². The third-order valence-corrected chi connectivity index (χ3v) is 7.80. The van der Waals surface area contributed by atoms with Crippen LogP contribution in [0.15, 0.2) is 17.0 Å². The van der Waals surface area contributed by atoms with E-state index in [2.05, 4.69) is 12.2 Å². The second kappa shape index (κ2) is 18.2. The summed E-state index contributed by atoms with van der Waals surface area (Å²) in [5.74, 6) is -1.92. The third-order valence-electron chi connectivity index (χ3n) is 6.85. The van der Waals surface area contributed by atoms with Crippen molar-refractivity contribution in [1.29, 1.82) is 0 Å². The summed E-state index contributed by atoms with van der Waals surface area (Å²) in [6.45, 7) is 8.37. The van der Waals surface area contributed by atoms with Gasteiger partial charge < -0.3 is 10.1 Å². The highest BCUT2D eigenvalue weighted by Gasteiger charge is 2.34. The number of benzene rings is 1. The number of primary sulfonamides is 1. The number of Topliss-reactive ketones (excluding diaryl/α,β-unsaturated/α-hetero) is 1. The minimum atomic E-state index is -4.31. The van der Waals surface area contributed by atoms with Crippen LogP contribution in [0.25, 0.3) is 0 Å². The molecule has 40 heavy (non-hydrogen) atoms. The molecule has 0 unspecified atom stereocenters. The number of hydrogen-bond acceptors (Lipinski definition) is 6. The molecule has 0 aliphatic heterocycles. The maximum absolute atomic E-state index is 13.3. The van der Waals surface area contributed by atoms with Gasteiger partial charge in [0.15, 0.2) is 11.5 Å². The molecule has 1 rings (SSSR count). The molecule has 1 aromatic carbocycles. The molecule has 0 fully saturated rings. The lowest BCUT2D eigenvalue weighted by Crippen LogP contribution is -2.27. The first kappa shape index (κ1) is 35.8. The van der Waals surface area contributed by atoms with Gasteiger partial charge in [-0.05, 0) is 18.6 Å². The Morgan fingerprint density at radius 3 is 1.65 bits per heavy atom. The molecule has 0 aliphatic carbocycles. The Balaban J connectivity index is 2.60. The average molecular weight is 581 g/mol. The average Bonchev–Trinajstić information content (AvgIpc) is 2.85. The number of rotatable bonds is 20. The number of carbonyl (C=O) groups excluding carboxylic acids is 3. The molecule has 0 radical (unpaired) electrons. The number of anilines is 1. The summed E-state index contributed by atoms with van der Waals surface area (Å²) in [4.78, 5) is 37.3. The third kappa shape index (κ3) is 13.9. The van der Waals surface area contributed by atoms with E-state index in [0.29, 0.717) is 6.42 Å². The van der Waals surface area contributed by atoms with Crippen molar-refractivity contribution in [2.75, 3.05) is 5.32 Å². The van der Waals surface area contributed by atoms with E-state index in [1.54, 1.807) is 20.8 Å². The molecular weight excluding hydrogens is 528 g/mol. The summed E-state index contributed by atoms with van der Waals surface area (Å²) in [6.07, 6.45) is 18.2. The second-order valence-electron chi connectivity index (χ2n) is 11.8. The van der Waals surface area contributed by atoms with E-state index in [9.17, 15) is 22.8 Å². The molecule has 1 aromatic rings. The first-order chi connectivity index (χ1) is 18.8. The summed E-state index contributed by atoms with van der Waals surface area (Å²) in [5, 5.41) is 7.90. The lowest BCUT2D eigenvalue weighted by Gasteiger charge is -2.22. The highest BCUT2D eigenvalue weighted by Crippen LogP contribution is 2.38. The number of carbonyl (C=O) groups is 3. The van der Waals surface area contributed by atoms with Gasteiger partial charge in [-0.2, -0.15) is 0 Å². The van der Waals surface area contributed by atoms with E-state index < -0.39 is 38.0 Å². The largest absolute Gasteiger partial charge is 0.423 e. The van der Waals surface area contributed by atoms with Gasteiger partial charge in [-0.3, -0.25) is 14.4 Å². The number of nitrogens with one attached hydrogen (secondary N) is 1. The number of ketones is 1. The van der Waals surface area contributed by atoms with E-state index in [-0.39, 0.29) is 23.4 Å². The number of unbranched alkanes of at least 4 members (excludes halogenated alkanes) is 14. The number of nitrogens with two attached hydrogens (primary N) is 1. The molecular formula is C31H52N2O6S. The van der Waals surface area contributed by atoms with E-state index >= 15 is 0 Å². The Labute approximate surface area is 242 Å². The molecule has 0 saturated heterocycles. The van der Waals surface area contributed by atoms with Crippen LogP contribution in [-0.2, 0) is 19.6 Å². The van der Waals surface area contributed by atoms with E-state index in [0.717, 1.165) is 25.3 Å². The Hall–Kier alpha value is -2.26. The smallest absolute Gasteiger partial charge is 0.311 e. The number of hydrogen-bond donors (Lipinski definition) is 2. The topological polar surface area (TPSA) is 133 Å². The summed E-state index contributed by atoms with van der Waals surface area (Å²) < 4.78 is 30.1. The number of amides is 1. The Bertz CT molecular complexity index is 1060. The zero-order valence-corrected chi connectivity index (χ0v) is 26.2. The monoisotopic (exact) mass is 580 g/mol. The van der Waals surface area contributed by atoms with E-state index in [4.69, 9.17) is 9.88 Å². The van der Waals surface area contributed by atoms with Gasteiger partial charge in [0.25, 0.3) is 0 Å². The molecule has 0 spiro atoms. The molecule has 228 valence electrons. The predicted molar refractivity (Wildman–Crippen MR) is 161 cm³/mol. The fraction of sp³-hybridized carbons (Fsp3) is 0.710. The van der Waals surface area contributed by atoms with Crippen molar-refractivity contribution in [3.63, 3.8) is 0 Å². The Kier molecular flexibility index (Phi) is 16.3. The van der Waals surface area contributed by atoms with Crippen molar-refractivity contribution in [3.8, 4) is 5.75 Å². The van der Waals surface area contributed by atoms with Gasteiger partial charge in [0.2, 0.25) is 15.9 Å². The van der Waals surface area contributed by atoms with Crippen LogP contribution in [0.1, 0.15) is 148 Å². The Morgan fingerprint density at radius 1 is 0.800 bits per heavy atom. The molecule has 8 nitrogen and oxygen atoms in total. The van der Waals surface area contributed by atoms with Crippen LogP contribution in [0.2, 0.25) is 0 Å². The fourth-order valence-electron chi connectivity index (χ4n) is 4.59. The first-order valence-corrected chi connectivity index (χ1v) is 16.6. The van der Waals surface area contributed by atoms with Gasteiger partial charge in [-0.25, -0.2) is 13.6 Å². The fourth-order valence-corrected chi connectivity index (χ4v) is 5.32. The Morgan fingerprint density at radius 2 is 1.25 bits per heavy atom. The summed E-state index contributed by atoms with van der Waals surface area (Å²) in [7, 11) is -4.31. The van der Waals surface area contributed by atoms with Crippen LogP contribution in [0, 0.1) is 5.41 Å². The maximum atomic E-state index is 13.3. The summed E-state index contributed by atoms with van der Waals surface area (Å²) in [6, 6.07) is 2.42. The predicted octanol–water partition coefficient (Wildman–Crippen LogP) is 7.69. The molecule has 1 amide bonds. The van der Waals surface area contributed by atoms with Crippen LogP contribution in [-0.4, -0.2) is 26.1 Å². The van der Waals surface area contributed by atoms with E-state index in [1.807, 2.05) is 0 Å². The molecule has 0 atom stereocenters. The van der Waals surface area contributed by atoms with Crippen LogP contribution in [0.5, 0.6) is 5.75 Å². The quantitative estimate of drug-likeness (QED) is 0.0703. The van der Waals surface area contributed by atoms with Gasteiger partial charge in [0.05, 0.1) is 16.1 Å². The van der Waals surface area contributed by atoms with E-state index in [1.165, 1.54) is 83.6 Å². The zero-order chi connectivity index (χ0) is 30.2. The molecule has 0 aliphatic rings. The maximum Gasteiger partial charge on any atom is 0.311 e. The van der Waals surface area contributed by atoms with Crippen molar-refractivity contribution in [2.45, 2.75) is 142 Å². The molecule has 0 aromatic heterocycles. The van der Waals surface area contributed by atoms with Crippen molar-refractivity contribution >= 4 is 33.4 Å². The highest BCUT2D eigenvalue weighted by molar-refractivity contribution is 7.89. The molecule has 3 N–H and O–H groups in total. The van der Waals surface area contributed by atoms with Crippen LogP contribution in [0.3, 0.4) is 0 Å².